The van der Waals surface area contributed by atoms with Crippen molar-refractivity contribution in [1.29, 1.82) is 0 Å². The zero-order valence-corrected chi connectivity index (χ0v) is 9.27. The first-order valence-corrected chi connectivity index (χ1v) is 5.41. The van der Waals surface area contributed by atoms with Gasteiger partial charge in [-0.15, -0.1) is 5.10 Å². The second-order valence-electron chi connectivity index (χ2n) is 3.90. The Bertz CT molecular complexity index is 721. The number of hydrogen-bond donors (Lipinski definition) is 0. The van der Waals surface area contributed by atoms with Gasteiger partial charge in [-0.2, -0.15) is 5.10 Å². The van der Waals surface area contributed by atoms with Crippen LogP contribution in [0.4, 0.5) is 8.78 Å². The second-order valence-corrected chi connectivity index (χ2v) is 3.90. The summed E-state index contributed by atoms with van der Waals surface area (Å²) >= 11 is 0. The average molecular weight is 242 g/mol. The number of rotatable bonds is 1. The Hall–Kier alpha value is -2.36. The zero-order chi connectivity index (χ0) is 12.5. The van der Waals surface area contributed by atoms with Crippen LogP contribution in [0.15, 0.2) is 48.7 Å². The van der Waals surface area contributed by atoms with Crippen molar-refractivity contribution >= 4 is 10.8 Å². The molecule has 2 aromatic carbocycles. The van der Waals surface area contributed by atoms with Gasteiger partial charge in [0.2, 0.25) is 0 Å². The Morgan fingerprint density at radius 3 is 2.61 bits per heavy atom. The third-order valence-corrected chi connectivity index (χ3v) is 2.76. The fourth-order valence-electron chi connectivity index (χ4n) is 1.91. The first-order valence-electron chi connectivity index (χ1n) is 5.41. The molecule has 0 unspecified atom stereocenters. The van der Waals surface area contributed by atoms with Crippen molar-refractivity contribution in [1.82, 2.24) is 10.2 Å². The number of halogens is 2. The predicted molar refractivity (Wildman–Crippen MR) is 64.9 cm³/mol. The van der Waals surface area contributed by atoms with Gasteiger partial charge in [0, 0.05) is 22.4 Å². The monoisotopic (exact) mass is 242 g/mol. The van der Waals surface area contributed by atoms with Gasteiger partial charge in [-0.1, -0.05) is 24.3 Å². The third-order valence-electron chi connectivity index (χ3n) is 2.76. The summed E-state index contributed by atoms with van der Waals surface area (Å²) in [6.45, 7) is 0. The minimum Gasteiger partial charge on any atom is -0.207 e. The molecule has 0 aliphatic carbocycles. The quantitative estimate of drug-likeness (QED) is 0.651. The van der Waals surface area contributed by atoms with Crippen molar-refractivity contribution in [3.05, 3.63) is 60.3 Å². The Balaban J connectivity index is 2.31. The predicted octanol–water partition coefficient (Wildman–Crippen LogP) is 3.58. The molecule has 1 aromatic heterocycles. The smallest absolute Gasteiger partial charge is 0.135 e. The lowest BCUT2D eigenvalue weighted by molar-refractivity contribution is 0.585. The molecule has 1 heterocycles. The Morgan fingerprint density at radius 2 is 1.78 bits per heavy atom. The SMILES string of the molecule is Fc1ccc(-c2nncc3ccccc23)c(F)c1. The number of hydrogen-bond acceptors (Lipinski definition) is 2. The molecule has 2 nitrogen and oxygen atoms in total. The molecular formula is C14H8F2N2. The minimum absolute atomic E-state index is 0.251. The maximum Gasteiger partial charge on any atom is 0.135 e. The molecule has 0 saturated heterocycles. The van der Waals surface area contributed by atoms with E-state index in [2.05, 4.69) is 10.2 Å². The minimum atomic E-state index is -0.638. The molecule has 0 aliphatic rings. The van der Waals surface area contributed by atoms with Crippen LogP contribution in [0.25, 0.3) is 22.0 Å². The zero-order valence-electron chi connectivity index (χ0n) is 9.27. The van der Waals surface area contributed by atoms with Crippen LogP contribution in [-0.2, 0) is 0 Å². The van der Waals surface area contributed by atoms with Gasteiger partial charge in [0.05, 0.1) is 6.20 Å². The van der Waals surface area contributed by atoms with Crippen LogP contribution >= 0.6 is 0 Å². The van der Waals surface area contributed by atoms with Gasteiger partial charge >= 0.3 is 0 Å². The summed E-state index contributed by atoms with van der Waals surface area (Å²) in [4.78, 5) is 0. The molecule has 18 heavy (non-hydrogen) atoms. The molecule has 0 aliphatic heterocycles. The van der Waals surface area contributed by atoms with Gasteiger partial charge in [0.25, 0.3) is 0 Å². The second kappa shape index (κ2) is 4.14. The van der Waals surface area contributed by atoms with Gasteiger partial charge < -0.3 is 0 Å². The lowest BCUT2D eigenvalue weighted by atomic mass is 10.0. The lowest BCUT2D eigenvalue weighted by Gasteiger charge is -2.05. The van der Waals surface area contributed by atoms with Gasteiger partial charge in [-0.3, -0.25) is 0 Å². The Kier molecular flexibility index (Phi) is 2.48. The van der Waals surface area contributed by atoms with Gasteiger partial charge in [-0.25, -0.2) is 8.78 Å². The standard InChI is InChI=1S/C14H8F2N2/c15-10-5-6-12(13(16)7-10)14-11-4-2-1-3-9(11)8-17-18-14/h1-8H. The van der Waals surface area contributed by atoms with Crippen molar-refractivity contribution in [3.8, 4) is 11.3 Å². The number of benzene rings is 2. The van der Waals surface area contributed by atoms with Gasteiger partial charge in [0.1, 0.15) is 17.3 Å². The first-order chi connectivity index (χ1) is 8.75. The van der Waals surface area contributed by atoms with E-state index in [0.717, 1.165) is 16.8 Å². The number of fused-ring (bicyclic) bond motifs is 1. The summed E-state index contributed by atoms with van der Waals surface area (Å²) in [5.41, 5.74) is 0.673. The molecule has 0 atom stereocenters. The van der Waals surface area contributed by atoms with Crippen molar-refractivity contribution in [2.75, 3.05) is 0 Å². The summed E-state index contributed by atoms with van der Waals surface area (Å²) in [5.74, 6) is -1.25. The van der Waals surface area contributed by atoms with E-state index >= 15 is 0 Å². The normalized spacial score (nSPS) is 10.8. The molecule has 0 radical (unpaired) electrons. The van der Waals surface area contributed by atoms with Crippen molar-refractivity contribution in [2.24, 2.45) is 0 Å². The van der Waals surface area contributed by atoms with Gasteiger partial charge in [-0.05, 0) is 12.1 Å². The van der Waals surface area contributed by atoms with E-state index in [4.69, 9.17) is 0 Å². The third kappa shape index (κ3) is 1.72. The van der Waals surface area contributed by atoms with Crippen LogP contribution in [-0.4, -0.2) is 10.2 Å². The van der Waals surface area contributed by atoms with E-state index < -0.39 is 11.6 Å². The van der Waals surface area contributed by atoms with Crippen molar-refractivity contribution < 1.29 is 8.78 Å². The molecule has 0 fully saturated rings. The molecule has 88 valence electrons. The van der Waals surface area contributed by atoms with E-state index in [1.165, 1.54) is 12.1 Å². The van der Waals surface area contributed by atoms with Crippen LogP contribution in [0, 0.1) is 11.6 Å². The highest BCUT2D eigenvalue weighted by Gasteiger charge is 2.11. The van der Waals surface area contributed by atoms with E-state index in [0.29, 0.717) is 5.69 Å². The Labute approximate surface area is 102 Å². The van der Waals surface area contributed by atoms with E-state index in [9.17, 15) is 8.78 Å². The summed E-state index contributed by atoms with van der Waals surface area (Å²) < 4.78 is 26.7. The largest absolute Gasteiger partial charge is 0.207 e. The molecule has 0 saturated carbocycles. The maximum absolute atomic E-state index is 13.8. The molecule has 0 spiro atoms. The molecular weight excluding hydrogens is 234 g/mol. The molecule has 0 amide bonds. The molecule has 3 rings (SSSR count). The van der Waals surface area contributed by atoms with Crippen LogP contribution in [0.1, 0.15) is 0 Å². The van der Waals surface area contributed by atoms with Crippen LogP contribution in [0.3, 0.4) is 0 Å². The fraction of sp³-hybridized carbons (Fsp3) is 0. The molecule has 3 aromatic rings. The maximum atomic E-state index is 13.8. The van der Waals surface area contributed by atoms with Gasteiger partial charge in [0.15, 0.2) is 0 Å². The lowest BCUT2D eigenvalue weighted by Crippen LogP contribution is -1.93. The Morgan fingerprint density at radius 1 is 0.944 bits per heavy atom. The molecule has 0 bridgehead atoms. The van der Waals surface area contributed by atoms with Crippen LogP contribution < -0.4 is 0 Å². The number of aromatic nitrogens is 2. The van der Waals surface area contributed by atoms with E-state index in [1.807, 2.05) is 24.3 Å². The van der Waals surface area contributed by atoms with Crippen LogP contribution in [0.2, 0.25) is 0 Å². The van der Waals surface area contributed by atoms with Crippen LogP contribution in [0.5, 0.6) is 0 Å². The highest BCUT2D eigenvalue weighted by molar-refractivity contribution is 5.93. The molecule has 0 N–H and O–H groups in total. The number of nitrogens with zero attached hydrogens (tertiary/aromatic N) is 2. The van der Waals surface area contributed by atoms with Crippen molar-refractivity contribution in [3.63, 3.8) is 0 Å². The molecule has 4 heteroatoms. The van der Waals surface area contributed by atoms with E-state index in [-0.39, 0.29) is 5.56 Å². The summed E-state index contributed by atoms with van der Waals surface area (Å²) in [6, 6.07) is 10.8. The van der Waals surface area contributed by atoms with E-state index in [1.54, 1.807) is 6.20 Å². The summed E-state index contributed by atoms with van der Waals surface area (Å²) in [5, 5.41) is 9.45. The highest BCUT2D eigenvalue weighted by atomic mass is 19.1. The topological polar surface area (TPSA) is 25.8 Å². The first kappa shape index (κ1) is 10.8. The average Bonchev–Trinajstić information content (AvgIpc) is 2.38. The summed E-state index contributed by atoms with van der Waals surface area (Å²) in [7, 11) is 0. The van der Waals surface area contributed by atoms with Crippen molar-refractivity contribution in [2.45, 2.75) is 0 Å². The highest BCUT2D eigenvalue weighted by Crippen LogP contribution is 2.27. The summed E-state index contributed by atoms with van der Waals surface area (Å²) in [6.07, 6.45) is 1.61. The fourth-order valence-corrected chi connectivity index (χ4v) is 1.91.